The maximum Gasteiger partial charge on any atom is 0.228 e. The normalized spacial score (nSPS) is 17.2. The summed E-state index contributed by atoms with van der Waals surface area (Å²) in [6.07, 6.45) is 1.34. The summed E-state index contributed by atoms with van der Waals surface area (Å²) in [5.41, 5.74) is 5.72. The summed E-state index contributed by atoms with van der Waals surface area (Å²) in [5.74, 6) is 0.584. The summed E-state index contributed by atoms with van der Waals surface area (Å²) < 4.78 is 30.1. The number of hydrogen-bond acceptors (Lipinski definition) is 5. The van der Waals surface area contributed by atoms with Crippen LogP contribution in [0.1, 0.15) is 94.2 Å². The molecule has 2 aliphatic heterocycles. The number of nitrogens with zero attached hydrogens (tertiary/aromatic N) is 5. The SMILES string of the molecule is CC(C)c1n[nH]c2c1CN(S(=O)(=O)CCn1nc(C(C)C)c3c1CCN(C(=O)C(C)(C)C)C3)CC2. The predicted molar refractivity (Wildman–Crippen MR) is 135 cm³/mol. The van der Waals surface area contributed by atoms with E-state index in [1.165, 1.54) is 0 Å². The fourth-order valence-corrected chi connectivity index (χ4v) is 6.51. The zero-order chi connectivity index (χ0) is 25.7. The van der Waals surface area contributed by atoms with Gasteiger partial charge >= 0.3 is 0 Å². The first kappa shape index (κ1) is 25.9. The summed E-state index contributed by atoms with van der Waals surface area (Å²) in [6, 6.07) is 0. The lowest BCUT2D eigenvalue weighted by molar-refractivity contribution is -0.140. The van der Waals surface area contributed by atoms with Crippen molar-refractivity contribution < 1.29 is 13.2 Å². The molecule has 4 heterocycles. The van der Waals surface area contributed by atoms with Crippen molar-refractivity contribution in [1.29, 1.82) is 0 Å². The zero-order valence-corrected chi connectivity index (χ0v) is 23.0. The fraction of sp³-hybridized carbons (Fsp3) is 0.720. The summed E-state index contributed by atoms with van der Waals surface area (Å²) in [6.45, 7) is 16.5. The first-order chi connectivity index (χ1) is 16.3. The number of amides is 1. The third-order valence-corrected chi connectivity index (χ3v) is 8.87. The highest BCUT2D eigenvalue weighted by atomic mass is 32.2. The minimum absolute atomic E-state index is 0.00743. The Morgan fingerprint density at radius 2 is 1.69 bits per heavy atom. The van der Waals surface area contributed by atoms with E-state index in [0.717, 1.165) is 33.9 Å². The zero-order valence-electron chi connectivity index (χ0n) is 22.2. The molecule has 35 heavy (non-hydrogen) atoms. The topological polar surface area (TPSA) is 104 Å². The van der Waals surface area contributed by atoms with Crippen molar-refractivity contribution in [2.75, 3.05) is 18.8 Å². The van der Waals surface area contributed by atoms with Crippen LogP contribution < -0.4 is 0 Å². The van der Waals surface area contributed by atoms with Gasteiger partial charge in [0.15, 0.2) is 0 Å². The molecule has 0 unspecified atom stereocenters. The van der Waals surface area contributed by atoms with E-state index in [9.17, 15) is 13.2 Å². The van der Waals surface area contributed by atoms with Crippen LogP contribution in [-0.4, -0.2) is 62.4 Å². The molecular formula is C25H40N6O3S. The molecule has 9 nitrogen and oxygen atoms in total. The number of rotatable bonds is 6. The Morgan fingerprint density at radius 3 is 2.31 bits per heavy atom. The molecule has 0 fully saturated rings. The lowest BCUT2D eigenvalue weighted by Gasteiger charge is -2.33. The van der Waals surface area contributed by atoms with Gasteiger partial charge in [0.05, 0.1) is 23.7 Å². The number of aromatic amines is 1. The summed E-state index contributed by atoms with van der Waals surface area (Å²) in [7, 11) is -3.46. The molecule has 4 rings (SSSR count). The third kappa shape index (κ3) is 5.05. The van der Waals surface area contributed by atoms with Crippen LogP contribution in [0.5, 0.6) is 0 Å². The van der Waals surface area contributed by atoms with Crippen LogP contribution >= 0.6 is 0 Å². The van der Waals surface area contributed by atoms with Crippen molar-refractivity contribution in [3.8, 4) is 0 Å². The van der Waals surface area contributed by atoms with Gasteiger partial charge in [-0.3, -0.25) is 14.6 Å². The molecule has 0 aliphatic carbocycles. The summed E-state index contributed by atoms with van der Waals surface area (Å²) >= 11 is 0. The predicted octanol–water partition coefficient (Wildman–Crippen LogP) is 3.17. The first-order valence-corrected chi connectivity index (χ1v) is 14.3. The van der Waals surface area contributed by atoms with Gasteiger partial charge in [0, 0.05) is 67.0 Å². The molecule has 0 aromatic carbocycles. The van der Waals surface area contributed by atoms with E-state index in [1.54, 1.807) is 4.31 Å². The van der Waals surface area contributed by atoms with Gasteiger partial charge < -0.3 is 4.90 Å². The number of hydrogen-bond donors (Lipinski definition) is 1. The highest BCUT2D eigenvalue weighted by molar-refractivity contribution is 7.89. The highest BCUT2D eigenvalue weighted by Gasteiger charge is 2.34. The van der Waals surface area contributed by atoms with Crippen LogP contribution in [0.3, 0.4) is 0 Å². The molecule has 0 radical (unpaired) electrons. The Hall–Kier alpha value is -2.20. The second-order valence-corrected chi connectivity index (χ2v) is 13.6. The van der Waals surface area contributed by atoms with Gasteiger partial charge in [-0.1, -0.05) is 48.5 Å². The highest BCUT2D eigenvalue weighted by Crippen LogP contribution is 2.31. The molecule has 194 valence electrons. The van der Waals surface area contributed by atoms with Gasteiger partial charge in [-0.25, -0.2) is 8.42 Å². The number of fused-ring (bicyclic) bond motifs is 2. The van der Waals surface area contributed by atoms with Crippen LogP contribution in [0, 0.1) is 5.41 Å². The minimum atomic E-state index is -3.46. The van der Waals surface area contributed by atoms with E-state index >= 15 is 0 Å². The molecule has 10 heteroatoms. The number of aromatic nitrogens is 4. The van der Waals surface area contributed by atoms with Gasteiger partial charge in [0.2, 0.25) is 15.9 Å². The molecule has 0 bridgehead atoms. The van der Waals surface area contributed by atoms with E-state index in [4.69, 9.17) is 5.10 Å². The second kappa shape index (κ2) is 9.35. The number of carbonyl (C=O) groups is 1. The van der Waals surface area contributed by atoms with Crippen molar-refractivity contribution in [3.05, 3.63) is 33.9 Å². The monoisotopic (exact) mass is 504 g/mol. The quantitative estimate of drug-likeness (QED) is 0.651. The van der Waals surface area contributed by atoms with Crippen LogP contribution in [0.25, 0.3) is 0 Å². The lowest BCUT2D eigenvalue weighted by atomic mass is 9.92. The van der Waals surface area contributed by atoms with Gasteiger partial charge in [0.1, 0.15) is 0 Å². The van der Waals surface area contributed by atoms with Crippen LogP contribution in [0.2, 0.25) is 0 Å². The number of carbonyl (C=O) groups excluding carboxylic acids is 1. The molecule has 1 N–H and O–H groups in total. The van der Waals surface area contributed by atoms with Crippen molar-refractivity contribution in [2.24, 2.45) is 5.41 Å². The van der Waals surface area contributed by atoms with Crippen LogP contribution in [-0.2, 0) is 47.3 Å². The molecule has 0 saturated carbocycles. The largest absolute Gasteiger partial charge is 0.337 e. The average molecular weight is 505 g/mol. The van der Waals surface area contributed by atoms with Crippen molar-refractivity contribution in [1.82, 2.24) is 29.2 Å². The Balaban J connectivity index is 1.51. The van der Waals surface area contributed by atoms with Crippen molar-refractivity contribution >= 4 is 15.9 Å². The summed E-state index contributed by atoms with van der Waals surface area (Å²) in [5, 5.41) is 12.4. The number of H-pyrrole nitrogens is 1. The Morgan fingerprint density at radius 1 is 1.00 bits per heavy atom. The third-order valence-electron chi connectivity index (χ3n) is 7.07. The van der Waals surface area contributed by atoms with Gasteiger partial charge in [-0.05, 0) is 11.8 Å². The Kier molecular flexibility index (Phi) is 6.91. The number of aryl methyl sites for hydroxylation is 1. The van der Waals surface area contributed by atoms with E-state index < -0.39 is 15.4 Å². The average Bonchev–Trinajstić information content (AvgIpc) is 3.37. The minimum Gasteiger partial charge on any atom is -0.337 e. The molecule has 2 aromatic heterocycles. The standard InChI is InChI=1S/C25H40N6O3S/c1-16(2)22-18-15-30(11-8-20(18)26-27-22)35(33,34)13-12-31-21-9-10-29(24(32)25(5,6)7)14-19(21)23(28-31)17(3)4/h16-17H,8-15H2,1-7H3,(H,26,27). The fourth-order valence-electron chi connectivity index (χ4n) is 5.15. The summed E-state index contributed by atoms with van der Waals surface area (Å²) in [4.78, 5) is 14.8. The smallest absolute Gasteiger partial charge is 0.228 e. The molecule has 0 saturated heterocycles. The van der Waals surface area contributed by atoms with Crippen LogP contribution in [0.15, 0.2) is 0 Å². The Labute approximate surface area is 209 Å². The molecule has 2 aromatic rings. The van der Waals surface area contributed by atoms with Gasteiger partial charge in [-0.2, -0.15) is 14.5 Å². The van der Waals surface area contributed by atoms with E-state index in [-0.39, 0.29) is 23.5 Å². The number of sulfonamides is 1. The van der Waals surface area contributed by atoms with Gasteiger partial charge in [-0.15, -0.1) is 0 Å². The van der Waals surface area contributed by atoms with E-state index in [1.807, 2.05) is 30.4 Å². The molecule has 1 amide bonds. The lowest BCUT2D eigenvalue weighted by Crippen LogP contribution is -2.43. The molecular weight excluding hydrogens is 464 g/mol. The number of nitrogens with one attached hydrogen (secondary N) is 1. The second-order valence-electron chi connectivity index (χ2n) is 11.5. The van der Waals surface area contributed by atoms with E-state index in [0.29, 0.717) is 45.6 Å². The first-order valence-electron chi connectivity index (χ1n) is 12.7. The van der Waals surface area contributed by atoms with Gasteiger partial charge in [0.25, 0.3) is 0 Å². The molecule has 0 atom stereocenters. The van der Waals surface area contributed by atoms with Crippen molar-refractivity contribution in [3.63, 3.8) is 0 Å². The van der Waals surface area contributed by atoms with Crippen LogP contribution in [0.4, 0.5) is 0 Å². The molecule has 2 aliphatic rings. The Bertz CT molecular complexity index is 1200. The maximum atomic E-state index is 13.3. The van der Waals surface area contributed by atoms with E-state index in [2.05, 4.69) is 37.9 Å². The van der Waals surface area contributed by atoms with Crippen molar-refractivity contribution in [2.45, 2.75) is 92.8 Å². The molecule has 0 spiro atoms. The maximum absolute atomic E-state index is 13.3.